The summed E-state index contributed by atoms with van der Waals surface area (Å²) >= 11 is 0. The summed E-state index contributed by atoms with van der Waals surface area (Å²) in [5, 5.41) is 15.0. The fourth-order valence-corrected chi connectivity index (χ4v) is 0. The fourth-order valence-electron chi connectivity index (χ4n) is 0. The number of hydrogen-bond donors (Lipinski definition) is 1. The molecule has 0 unspecified atom stereocenters. The van der Waals surface area contributed by atoms with E-state index in [1.54, 1.807) is 0 Å². The van der Waals surface area contributed by atoms with Crippen molar-refractivity contribution in [2.75, 3.05) is 7.11 Å². The second-order valence-corrected chi connectivity index (χ2v) is 0.0913. The normalized spacial score (nSPS) is 3.60. The highest BCUT2D eigenvalue weighted by Gasteiger charge is 1.30. The van der Waals surface area contributed by atoms with Crippen LogP contribution in [0.5, 0.6) is 0 Å². The topological polar surface area (TPSA) is 57.2 Å². The lowest BCUT2D eigenvalue weighted by atomic mass is 11.7. The molecule has 0 saturated heterocycles. The van der Waals surface area contributed by atoms with Gasteiger partial charge in [-0.3, -0.25) is 0 Å². The van der Waals surface area contributed by atoms with E-state index in [4.69, 9.17) is 15.0 Å². The highest BCUT2D eigenvalue weighted by Crippen LogP contribution is 0.973. The number of hydrogen-bond acceptors (Lipinski definition) is 1. The third-order valence-corrected chi connectivity index (χ3v) is 0. The molecule has 0 aromatic rings. The average Bonchev–Trinajstić information content (AvgIpc) is 1.46. The Labute approximate surface area is 29.9 Å². The molecule has 2 radical (unpaired) electrons. The number of aliphatic hydroxyl groups excluding tert-OH is 1. The van der Waals surface area contributed by atoms with Crippen LogP contribution in [0.2, 0.25) is 0 Å². The standard InChI is InChI=1S/CHO2.CH3O/c2-1-3;1-2/h(H,2,3);1H3. The van der Waals surface area contributed by atoms with Gasteiger partial charge in [0.05, 0.1) is 7.11 Å². The Hall–Kier alpha value is -0.570. The van der Waals surface area contributed by atoms with Gasteiger partial charge in [-0.15, -0.1) is 0 Å². The molecule has 0 spiro atoms. The second kappa shape index (κ2) is 110. The van der Waals surface area contributed by atoms with Crippen molar-refractivity contribution in [1.29, 1.82) is 0 Å². The van der Waals surface area contributed by atoms with Crippen molar-refractivity contribution < 1.29 is 15.0 Å². The van der Waals surface area contributed by atoms with Crippen LogP contribution in [0.4, 0.5) is 0 Å². The van der Waals surface area contributed by atoms with E-state index in [1.165, 1.54) is 0 Å². The van der Waals surface area contributed by atoms with Crippen LogP contribution < -0.4 is 0 Å². The van der Waals surface area contributed by atoms with E-state index >= 15 is 0 Å². The van der Waals surface area contributed by atoms with Crippen molar-refractivity contribution in [3.05, 3.63) is 0 Å². The molecular weight excluding hydrogens is 72.0 g/mol. The van der Waals surface area contributed by atoms with Crippen molar-refractivity contribution >= 4 is 6.47 Å². The van der Waals surface area contributed by atoms with Crippen LogP contribution in [-0.2, 0) is 9.90 Å². The minimum absolute atomic E-state index is 0.500. The maximum atomic E-state index is 8.25. The summed E-state index contributed by atoms with van der Waals surface area (Å²) in [6, 6.07) is 0. The first-order chi connectivity index (χ1) is 2.41. The maximum absolute atomic E-state index is 8.25. The van der Waals surface area contributed by atoms with Gasteiger partial charge in [-0.2, -0.15) is 0 Å². The molecule has 0 aromatic heterocycles. The molecule has 3 heteroatoms. The minimum atomic E-state index is 0.500. The zero-order chi connectivity index (χ0) is 4.71. The van der Waals surface area contributed by atoms with Gasteiger partial charge >= 0.3 is 6.47 Å². The molecule has 0 aliphatic heterocycles. The lowest BCUT2D eigenvalue weighted by Gasteiger charge is -1.29. The summed E-state index contributed by atoms with van der Waals surface area (Å²) < 4.78 is 0. The third kappa shape index (κ3) is 21.6. The Morgan fingerprint density at radius 1 is 1.60 bits per heavy atom. The van der Waals surface area contributed by atoms with Gasteiger partial charge in [-0.05, 0) is 0 Å². The first-order valence-electron chi connectivity index (χ1n) is 0.836. The van der Waals surface area contributed by atoms with Crippen molar-refractivity contribution in [2.45, 2.75) is 0 Å². The molecule has 0 atom stereocenters. The molecule has 0 rings (SSSR count). The summed E-state index contributed by atoms with van der Waals surface area (Å²) in [7, 11) is 0.750. The largest absolute Gasteiger partial charge is 0.473 e. The first-order valence-corrected chi connectivity index (χ1v) is 0.836. The zero-order valence-electron chi connectivity index (χ0n) is 2.76. The summed E-state index contributed by atoms with van der Waals surface area (Å²) in [5.41, 5.74) is 0. The van der Waals surface area contributed by atoms with Crippen molar-refractivity contribution in [3.8, 4) is 0 Å². The SMILES string of the molecule is C[O].O=[C]O. The van der Waals surface area contributed by atoms with Crippen molar-refractivity contribution in [1.82, 2.24) is 0 Å². The van der Waals surface area contributed by atoms with Gasteiger partial charge < -0.3 is 5.11 Å². The van der Waals surface area contributed by atoms with Crippen LogP contribution >= 0.6 is 0 Å². The Kier molecular flexibility index (Phi) is 193. The van der Waals surface area contributed by atoms with Gasteiger partial charge in [-0.25, -0.2) is 9.90 Å². The molecule has 0 aromatic carbocycles. The van der Waals surface area contributed by atoms with Crippen molar-refractivity contribution in [2.24, 2.45) is 0 Å². The molecule has 30 valence electrons. The Morgan fingerprint density at radius 3 is 1.60 bits per heavy atom. The van der Waals surface area contributed by atoms with E-state index in [-0.39, 0.29) is 0 Å². The predicted molar refractivity (Wildman–Crippen MR) is 14.9 cm³/mol. The Balaban J connectivity index is 0. The van der Waals surface area contributed by atoms with E-state index in [2.05, 4.69) is 0 Å². The van der Waals surface area contributed by atoms with Crippen molar-refractivity contribution in [3.63, 3.8) is 0 Å². The van der Waals surface area contributed by atoms with Gasteiger partial charge in [0.1, 0.15) is 0 Å². The van der Waals surface area contributed by atoms with E-state index in [9.17, 15) is 0 Å². The molecule has 1 N–H and O–H groups in total. The molecular formula is C2H4O3. The van der Waals surface area contributed by atoms with Gasteiger partial charge in [0.15, 0.2) is 0 Å². The fraction of sp³-hybridized carbons (Fsp3) is 0.500. The molecule has 0 bridgehead atoms. The second-order valence-electron chi connectivity index (χ2n) is 0.0913. The quantitative estimate of drug-likeness (QED) is 0.429. The van der Waals surface area contributed by atoms with Crippen LogP contribution in [0, 0.1) is 0 Å². The van der Waals surface area contributed by atoms with Gasteiger partial charge in [0, 0.05) is 0 Å². The van der Waals surface area contributed by atoms with Crippen LogP contribution in [0.3, 0.4) is 0 Å². The molecule has 3 nitrogen and oxygen atoms in total. The Bertz CT molecular complexity index is 12.4. The number of rotatable bonds is 0. The Morgan fingerprint density at radius 2 is 1.60 bits per heavy atom. The summed E-state index contributed by atoms with van der Waals surface area (Å²) in [4.78, 5) is 8.24. The lowest BCUT2D eigenvalue weighted by Crippen LogP contribution is -1.48. The molecule has 0 aliphatic carbocycles. The molecule has 0 heterocycles. The first kappa shape index (κ1) is 8.83. The van der Waals surface area contributed by atoms with Crippen LogP contribution in [0.15, 0.2) is 0 Å². The molecule has 5 heavy (non-hydrogen) atoms. The minimum Gasteiger partial charge on any atom is -0.473 e. The van der Waals surface area contributed by atoms with Gasteiger partial charge in [-0.1, -0.05) is 0 Å². The van der Waals surface area contributed by atoms with Crippen LogP contribution in [-0.4, -0.2) is 18.7 Å². The van der Waals surface area contributed by atoms with Crippen LogP contribution in [0.1, 0.15) is 0 Å². The molecule has 0 amide bonds. The van der Waals surface area contributed by atoms with Gasteiger partial charge in [0.2, 0.25) is 0 Å². The van der Waals surface area contributed by atoms with E-state index in [0.717, 1.165) is 7.11 Å². The summed E-state index contributed by atoms with van der Waals surface area (Å²) in [6.45, 7) is 0.500. The van der Waals surface area contributed by atoms with Gasteiger partial charge in [0.25, 0.3) is 0 Å². The third-order valence-electron chi connectivity index (χ3n) is 0. The average molecular weight is 76.1 g/mol. The highest BCUT2D eigenvalue weighted by molar-refractivity contribution is 5.34. The van der Waals surface area contributed by atoms with E-state index in [0.29, 0.717) is 6.47 Å². The smallest absolute Gasteiger partial charge is 0.414 e. The molecule has 0 aliphatic rings. The zero-order valence-corrected chi connectivity index (χ0v) is 2.76. The maximum Gasteiger partial charge on any atom is 0.414 e. The summed E-state index contributed by atoms with van der Waals surface area (Å²) in [5.74, 6) is 0. The van der Waals surface area contributed by atoms with E-state index in [1.807, 2.05) is 0 Å². The predicted octanol–water partition coefficient (Wildman–Crippen LogP) is -0.342. The van der Waals surface area contributed by atoms with Crippen LogP contribution in [0.25, 0.3) is 0 Å². The summed E-state index contributed by atoms with van der Waals surface area (Å²) in [6.07, 6.45) is 0. The molecule has 0 saturated carbocycles. The monoisotopic (exact) mass is 76.0 g/mol. The highest BCUT2D eigenvalue weighted by atomic mass is 16.3. The molecule has 0 fully saturated rings. The lowest BCUT2D eigenvalue weighted by molar-refractivity contribution is 0.282. The van der Waals surface area contributed by atoms with E-state index < -0.39 is 0 Å².